The predicted octanol–water partition coefficient (Wildman–Crippen LogP) is 3.20. The molecule has 0 bridgehead atoms. The number of aryl methyl sites for hydroxylation is 2. The second-order valence-corrected chi connectivity index (χ2v) is 7.89. The Bertz CT molecular complexity index is 661. The zero-order valence-corrected chi connectivity index (χ0v) is 15.0. The minimum absolute atomic E-state index is 0.573. The number of thiazole rings is 1. The second kappa shape index (κ2) is 7.15. The predicted molar refractivity (Wildman–Crippen MR) is 94.6 cm³/mol. The third kappa shape index (κ3) is 3.44. The Hall–Kier alpha value is -1.53. The van der Waals surface area contributed by atoms with E-state index in [2.05, 4.69) is 15.1 Å². The van der Waals surface area contributed by atoms with E-state index >= 15 is 0 Å². The lowest BCUT2D eigenvalue weighted by molar-refractivity contribution is 0.197. The van der Waals surface area contributed by atoms with Gasteiger partial charge in [0.2, 0.25) is 5.88 Å². The van der Waals surface area contributed by atoms with Crippen LogP contribution in [0.25, 0.3) is 0 Å². The van der Waals surface area contributed by atoms with Crippen molar-refractivity contribution in [2.24, 2.45) is 0 Å². The Labute approximate surface area is 147 Å². The Morgan fingerprint density at radius 2 is 2.12 bits per heavy atom. The fourth-order valence-electron chi connectivity index (χ4n) is 3.72. The number of piperidine rings is 1. The molecule has 5 nitrogen and oxygen atoms in total. The molecular weight excluding hydrogens is 320 g/mol. The van der Waals surface area contributed by atoms with Gasteiger partial charge in [0, 0.05) is 30.0 Å². The van der Waals surface area contributed by atoms with Crippen LogP contribution in [0.3, 0.4) is 0 Å². The summed E-state index contributed by atoms with van der Waals surface area (Å²) in [5, 5.41) is 9.71. The van der Waals surface area contributed by atoms with Gasteiger partial charge in [0.25, 0.3) is 0 Å². The van der Waals surface area contributed by atoms with Crippen LogP contribution in [-0.2, 0) is 19.4 Å². The van der Waals surface area contributed by atoms with Crippen molar-refractivity contribution in [1.82, 2.24) is 20.1 Å². The number of methoxy groups -OCH3 is 1. The van der Waals surface area contributed by atoms with Crippen LogP contribution >= 0.6 is 11.3 Å². The number of fused-ring (bicyclic) bond motifs is 1. The van der Waals surface area contributed by atoms with Gasteiger partial charge in [-0.05, 0) is 51.1 Å². The monoisotopic (exact) mass is 344 g/mol. The van der Waals surface area contributed by atoms with E-state index < -0.39 is 0 Å². The molecule has 0 unspecified atom stereocenters. The van der Waals surface area contributed by atoms with Crippen molar-refractivity contribution in [3.8, 4) is 5.88 Å². The van der Waals surface area contributed by atoms with Gasteiger partial charge in [-0.1, -0.05) is 0 Å². The average Bonchev–Trinajstić information content (AvgIpc) is 3.07. The highest BCUT2D eigenvalue weighted by Crippen LogP contribution is 2.34. The van der Waals surface area contributed by atoms with Gasteiger partial charge in [-0.2, -0.15) is 5.10 Å². The molecule has 1 aliphatic heterocycles. The van der Waals surface area contributed by atoms with Crippen molar-refractivity contribution in [3.05, 3.63) is 33.4 Å². The first-order valence-corrected chi connectivity index (χ1v) is 9.71. The topological polar surface area (TPSA) is 51.1 Å². The summed E-state index contributed by atoms with van der Waals surface area (Å²) >= 11 is 1.97. The highest BCUT2D eigenvalue weighted by Gasteiger charge is 2.26. The molecule has 3 heterocycles. The Kier molecular flexibility index (Phi) is 4.76. The van der Waals surface area contributed by atoms with Gasteiger partial charge in [0.15, 0.2) is 0 Å². The Morgan fingerprint density at radius 3 is 2.92 bits per heavy atom. The number of rotatable bonds is 4. The number of ether oxygens (including phenoxy) is 1. The Balaban J connectivity index is 1.42. The van der Waals surface area contributed by atoms with E-state index in [-0.39, 0.29) is 0 Å². The summed E-state index contributed by atoms with van der Waals surface area (Å²) in [5.74, 6) is 1.16. The SMILES string of the molecule is COc1ccc(CN2CCC[C@H](c3nc4c(s3)CCCC4)C2)nn1. The first kappa shape index (κ1) is 16.0. The summed E-state index contributed by atoms with van der Waals surface area (Å²) < 4.78 is 5.08. The molecule has 4 rings (SSSR count). The van der Waals surface area contributed by atoms with Gasteiger partial charge in [0.1, 0.15) is 0 Å². The molecule has 0 saturated carbocycles. The fourth-order valence-corrected chi connectivity index (χ4v) is 5.00. The third-order valence-electron chi connectivity index (χ3n) is 5.01. The highest BCUT2D eigenvalue weighted by atomic mass is 32.1. The third-order valence-corrected chi connectivity index (χ3v) is 6.33. The molecule has 0 spiro atoms. The Morgan fingerprint density at radius 1 is 1.21 bits per heavy atom. The van der Waals surface area contributed by atoms with Gasteiger partial charge in [-0.15, -0.1) is 16.4 Å². The molecule has 2 aliphatic rings. The maximum Gasteiger partial charge on any atom is 0.233 e. The van der Waals surface area contributed by atoms with Crippen LogP contribution in [0.2, 0.25) is 0 Å². The molecule has 0 radical (unpaired) electrons. The molecule has 0 N–H and O–H groups in total. The van der Waals surface area contributed by atoms with Gasteiger partial charge in [-0.3, -0.25) is 4.90 Å². The lowest BCUT2D eigenvalue weighted by Gasteiger charge is -2.31. The van der Waals surface area contributed by atoms with Crippen molar-refractivity contribution in [3.63, 3.8) is 0 Å². The van der Waals surface area contributed by atoms with Crippen LogP contribution in [0.4, 0.5) is 0 Å². The summed E-state index contributed by atoms with van der Waals surface area (Å²) in [6, 6.07) is 3.90. The van der Waals surface area contributed by atoms with Crippen LogP contribution in [0.1, 0.15) is 52.9 Å². The molecule has 1 saturated heterocycles. The fraction of sp³-hybridized carbons (Fsp3) is 0.611. The summed E-state index contributed by atoms with van der Waals surface area (Å²) in [4.78, 5) is 9.03. The molecule has 1 fully saturated rings. The van der Waals surface area contributed by atoms with E-state index in [9.17, 15) is 0 Å². The maximum atomic E-state index is 5.08. The smallest absolute Gasteiger partial charge is 0.233 e. The number of likely N-dealkylation sites (tertiary alicyclic amines) is 1. The van der Waals surface area contributed by atoms with E-state index in [1.165, 1.54) is 49.2 Å². The molecule has 1 aliphatic carbocycles. The standard InChI is InChI=1S/C18H24N4OS/c1-23-17-9-8-14(20-21-17)12-22-10-4-5-13(11-22)18-19-15-6-2-3-7-16(15)24-18/h8-9,13H,2-7,10-12H2,1H3/t13-/m0/s1. The van der Waals surface area contributed by atoms with Crippen LogP contribution in [0, 0.1) is 0 Å². The molecular formula is C18H24N4OS. The molecule has 128 valence electrons. The molecule has 6 heteroatoms. The van der Waals surface area contributed by atoms with Gasteiger partial charge >= 0.3 is 0 Å². The number of hydrogen-bond acceptors (Lipinski definition) is 6. The summed E-state index contributed by atoms with van der Waals surface area (Å²) in [5.41, 5.74) is 2.40. The van der Waals surface area contributed by atoms with E-state index in [0.717, 1.165) is 25.3 Å². The number of aromatic nitrogens is 3. The normalized spacial score (nSPS) is 21.5. The first-order chi connectivity index (χ1) is 11.8. The molecule has 2 aromatic rings. The summed E-state index contributed by atoms with van der Waals surface area (Å²) in [7, 11) is 1.62. The van der Waals surface area contributed by atoms with Crippen molar-refractivity contribution < 1.29 is 4.74 Å². The maximum absolute atomic E-state index is 5.08. The summed E-state index contributed by atoms with van der Waals surface area (Å²) in [6.07, 6.45) is 7.56. The zero-order valence-electron chi connectivity index (χ0n) is 14.2. The zero-order chi connectivity index (χ0) is 16.4. The highest BCUT2D eigenvalue weighted by molar-refractivity contribution is 7.11. The second-order valence-electron chi connectivity index (χ2n) is 6.77. The van der Waals surface area contributed by atoms with Crippen LogP contribution in [0.5, 0.6) is 5.88 Å². The minimum atomic E-state index is 0.573. The van der Waals surface area contributed by atoms with Crippen LogP contribution < -0.4 is 4.74 Å². The van der Waals surface area contributed by atoms with Crippen LogP contribution in [-0.4, -0.2) is 40.3 Å². The van der Waals surface area contributed by atoms with E-state index in [0.29, 0.717) is 11.8 Å². The van der Waals surface area contributed by atoms with Crippen molar-refractivity contribution >= 4 is 11.3 Å². The molecule has 0 amide bonds. The lowest BCUT2D eigenvalue weighted by Crippen LogP contribution is -2.34. The van der Waals surface area contributed by atoms with Gasteiger partial charge in [-0.25, -0.2) is 4.98 Å². The van der Waals surface area contributed by atoms with Crippen LogP contribution in [0.15, 0.2) is 12.1 Å². The molecule has 1 atom stereocenters. The molecule has 0 aromatic carbocycles. The number of nitrogens with zero attached hydrogens (tertiary/aromatic N) is 4. The van der Waals surface area contributed by atoms with Crippen molar-refractivity contribution in [2.75, 3.05) is 20.2 Å². The molecule has 24 heavy (non-hydrogen) atoms. The van der Waals surface area contributed by atoms with Gasteiger partial charge in [0.05, 0.1) is 23.5 Å². The van der Waals surface area contributed by atoms with E-state index in [1.807, 2.05) is 23.5 Å². The van der Waals surface area contributed by atoms with E-state index in [1.54, 1.807) is 12.0 Å². The minimum Gasteiger partial charge on any atom is -0.480 e. The van der Waals surface area contributed by atoms with Crippen molar-refractivity contribution in [1.29, 1.82) is 0 Å². The largest absolute Gasteiger partial charge is 0.480 e. The van der Waals surface area contributed by atoms with Gasteiger partial charge < -0.3 is 4.74 Å². The first-order valence-electron chi connectivity index (χ1n) is 8.89. The molecule has 2 aromatic heterocycles. The van der Waals surface area contributed by atoms with E-state index in [4.69, 9.17) is 9.72 Å². The quantitative estimate of drug-likeness (QED) is 0.852. The van der Waals surface area contributed by atoms with Crippen molar-refractivity contribution in [2.45, 2.75) is 51.0 Å². The average molecular weight is 344 g/mol. The number of hydrogen-bond donors (Lipinski definition) is 0. The summed E-state index contributed by atoms with van der Waals surface area (Å²) in [6.45, 7) is 3.08. The lowest BCUT2D eigenvalue weighted by atomic mass is 9.98.